The Hall–Kier alpha value is -0.830. The first kappa shape index (κ1) is 9.26. The van der Waals surface area contributed by atoms with E-state index in [1.165, 1.54) is 0 Å². The molecular weight excluding hydrogens is 154 g/mol. The summed E-state index contributed by atoms with van der Waals surface area (Å²) in [5, 5.41) is 12.0. The van der Waals surface area contributed by atoms with Gasteiger partial charge in [-0.15, -0.1) is 0 Å². The van der Waals surface area contributed by atoms with E-state index in [1.807, 2.05) is 19.1 Å². The Morgan fingerprint density at radius 2 is 2.25 bits per heavy atom. The predicted molar refractivity (Wildman–Crippen MR) is 47.0 cm³/mol. The number of allylic oxidation sites excluding steroid dienone is 1. The van der Waals surface area contributed by atoms with E-state index in [4.69, 9.17) is 5.11 Å². The second kappa shape index (κ2) is 4.26. The van der Waals surface area contributed by atoms with Gasteiger partial charge in [-0.3, -0.25) is 4.79 Å². The first-order chi connectivity index (χ1) is 5.75. The molecule has 0 spiro atoms. The zero-order valence-electron chi connectivity index (χ0n) is 7.29. The van der Waals surface area contributed by atoms with Crippen LogP contribution in [0.3, 0.4) is 0 Å². The van der Waals surface area contributed by atoms with Crippen molar-refractivity contribution in [2.45, 2.75) is 25.8 Å². The van der Waals surface area contributed by atoms with Crippen molar-refractivity contribution in [3.63, 3.8) is 0 Å². The molecule has 0 aromatic rings. The lowest BCUT2D eigenvalue weighted by atomic mass is 9.89. The molecule has 0 aliphatic heterocycles. The number of hydrogen-bond acceptors (Lipinski definition) is 2. The van der Waals surface area contributed by atoms with E-state index in [0.29, 0.717) is 6.42 Å². The van der Waals surface area contributed by atoms with Crippen molar-refractivity contribution < 1.29 is 9.90 Å². The maximum atomic E-state index is 10.8. The van der Waals surface area contributed by atoms with Gasteiger partial charge in [0.15, 0.2) is 0 Å². The fourth-order valence-electron chi connectivity index (χ4n) is 1.57. The first-order valence-corrected chi connectivity index (χ1v) is 4.37. The molecule has 0 aromatic heterocycles. The smallest absolute Gasteiger partial charge is 0.308 e. The topological polar surface area (TPSA) is 49.3 Å². The summed E-state index contributed by atoms with van der Waals surface area (Å²) in [7, 11) is 0. The molecule has 0 amide bonds. The second-order valence-corrected chi connectivity index (χ2v) is 3.05. The molecule has 0 bridgehead atoms. The highest BCUT2D eigenvalue weighted by Gasteiger charge is 2.27. The van der Waals surface area contributed by atoms with Crippen LogP contribution in [-0.2, 0) is 4.79 Å². The molecule has 0 heterocycles. The summed E-state index contributed by atoms with van der Waals surface area (Å²) in [4.78, 5) is 10.8. The van der Waals surface area contributed by atoms with Crippen LogP contribution < -0.4 is 5.32 Å². The average molecular weight is 169 g/mol. The molecule has 1 aliphatic carbocycles. The Bertz CT molecular complexity index is 189. The van der Waals surface area contributed by atoms with Gasteiger partial charge in [0.1, 0.15) is 0 Å². The lowest BCUT2D eigenvalue weighted by Crippen LogP contribution is -2.40. The molecule has 12 heavy (non-hydrogen) atoms. The van der Waals surface area contributed by atoms with E-state index in [0.717, 1.165) is 13.0 Å². The van der Waals surface area contributed by atoms with E-state index in [-0.39, 0.29) is 12.0 Å². The lowest BCUT2D eigenvalue weighted by Gasteiger charge is -2.25. The van der Waals surface area contributed by atoms with Crippen molar-refractivity contribution in [3.8, 4) is 0 Å². The van der Waals surface area contributed by atoms with Crippen LogP contribution in [0.25, 0.3) is 0 Å². The minimum Gasteiger partial charge on any atom is -0.481 e. The molecule has 0 aromatic carbocycles. The summed E-state index contributed by atoms with van der Waals surface area (Å²) in [6.45, 7) is 2.83. The molecule has 3 nitrogen and oxygen atoms in total. The van der Waals surface area contributed by atoms with Gasteiger partial charge in [0.05, 0.1) is 5.92 Å². The van der Waals surface area contributed by atoms with Crippen molar-refractivity contribution in [1.82, 2.24) is 5.32 Å². The molecular formula is C9H15NO2. The zero-order valence-corrected chi connectivity index (χ0v) is 7.29. The van der Waals surface area contributed by atoms with E-state index in [1.54, 1.807) is 0 Å². The van der Waals surface area contributed by atoms with Gasteiger partial charge in [0.2, 0.25) is 0 Å². The Balaban J connectivity index is 2.56. The molecule has 3 heteroatoms. The maximum Gasteiger partial charge on any atom is 0.308 e. The third-order valence-electron chi connectivity index (χ3n) is 2.22. The number of carbonyl (C=O) groups is 1. The molecule has 2 N–H and O–H groups in total. The molecule has 68 valence electrons. The number of carboxylic acid groups (broad SMARTS) is 1. The van der Waals surface area contributed by atoms with Gasteiger partial charge in [-0.25, -0.2) is 0 Å². The van der Waals surface area contributed by atoms with Gasteiger partial charge >= 0.3 is 5.97 Å². The van der Waals surface area contributed by atoms with E-state index in [2.05, 4.69) is 5.32 Å². The normalized spacial score (nSPS) is 28.8. The molecule has 0 unspecified atom stereocenters. The van der Waals surface area contributed by atoms with Crippen LogP contribution in [0.1, 0.15) is 19.8 Å². The van der Waals surface area contributed by atoms with Crippen LogP contribution >= 0.6 is 0 Å². The van der Waals surface area contributed by atoms with Gasteiger partial charge < -0.3 is 10.4 Å². The van der Waals surface area contributed by atoms with Gasteiger partial charge in [0.25, 0.3) is 0 Å². The highest BCUT2D eigenvalue weighted by molar-refractivity contribution is 5.71. The summed E-state index contributed by atoms with van der Waals surface area (Å²) in [5.74, 6) is -0.930. The van der Waals surface area contributed by atoms with Gasteiger partial charge in [-0.1, -0.05) is 19.1 Å². The predicted octanol–water partition coefficient (Wildman–Crippen LogP) is 1.02. The summed E-state index contributed by atoms with van der Waals surface area (Å²) in [6, 6.07) is 0.123. The Morgan fingerprint density at radius 3 is 2.83 bits per heavy atom. The maximum absolute atomic E-state index is 10.8. The molecule has 1 rings (SSSR count). The minimum atomic E-state index is -0.690. The summed E-state index contributed by atoms with van der Waals surface area (Å²) < 4.78 is 0. The van der Waals surface area contributed by atoms with Crippen molar-refractivity contribution in [2.24, 2.45) is 5.92 Å². The lowest BCUT2D eigenvalue weighted by molar-refractivity contribution is -0.142. The van der Waals surface area contributed by atoms with Crippen LogP contribution in [0.15, 0.2) is 12.2 Å². The van der Waals surface area contributed by atoms with Crippen LogP contribution in [0.2, 0.25) is 0 Å². The molecule has 1 aliphatic rings. The molecule has 0 saturated heterocycles. The Morgan fingerprint density at radius 1 is 1.58 bits per heavy atom. The Labute approximate surface area is 72.5 Å². The van der Waals surface area contributed by atoms with Crippen LogP contribution in [-0.4, -0.2) is 23.7 Å². The summed E-state index contributed by atoms with van der Waals surface area (Å²) >= 11 is 0. The molecule has 0 fully saturated rings. The first-order valence-electron chi connectivity index (χ1n) is 4.37. The summed E-state index contributed by atoms with van der Waals surface area (Å²) in [6.07, 6.45) is 5.50. The standard InChI is InChI=1S/C9H15NO2/c1-2-10-8-6-4-3-5-7(8)9(11)12/h3-4,7-8,10H,2,5-6H2,1H3,(H,11,12)/t7-,8-/m1/s1. The van der Waals surface area contributed by atoms with E-state index >= 15 is 0 Å². The Kier molecular flexibility index (Phi) is 3.29. The summed E-state index contributed by atoms with van der Waals surface area (Å²) in [5.41, 5.74) is 0. The van der Waals surface area contributed by atoms with Crippen molar-refractivity contribution in [2.75, 3.05) is 6.54 Å². The SMILES string of the molecule is CCN[C@@H]1CC=CC[C@H]1C(=O)O. The van der Waals surface area contributed by atoms with Gasteiger partial charge in [0, 0.05) is 6.04 Å². The van der Waals surface area contributed by atoms with E-state index in [9.17, 15) is 4.79 Å². The van der Waals surface area contributed by atoms with Crippen molar-refractivity contribution >= 4 is 5.97 Å². The number of carboxylic acids is 1. The number of rotatable bonds is 3. The van der Waals surface area contributed by atoms with Crippen molar-refractivity contribution in [1.29, 1.82) is 0 Å². The fourth-order valence-corrected chi connectivity index (χ4v) is 1.57. The van der Waals surface area contributed by atoms with Crippen LogP contribution in [0.4, 0.5) is 0 Å². The number of hydrogen-bond donors (Lipinski definition) is 2. The minimum absolute atomic E-state index is 0.123. The van der Waals surface area contributed by atoms with Gasteiger partial charge in [-0.05, 0) is 19.4 Å². The second-order valence-electron chi connectivity index (χ2n) is 3.05. The molecule has 2 atom stereocenters. The third kappa shape index (κ3) is 2.08. The highest BCUT2D eigenvalue weighted by atomic mass is 16.4. The third-order valence-corrected chi connectivity index (χ3v) is 2.22. The average Bonchev–Trinajstić information content (AvgIpc) is 2.05. The monoisotopic (exact) mass is 169 g/mol. The molecule has 0 radical (unpaired) electrons. The largest absolute Gasteiger partial charge is 0.481 e. The van der Waals surface area contributed by atoms with Crippen LogP contribution in [0, 0.1) is 5.92 Å². The quantitative estimate of drug-likeness (QED) is 0.620. The number of nitrogens with one attached hydrogen (secondary N) is 1. The van der Waals surface area contributed by atoms with Crippen molar-refractivity contribution in [3.05, 3.63) is 12.2 Å². The number of aliphatic carboxylic acids is 1. The molecule has 0 saturated carbocycles. The fraction of sp³-hybridized carbons (Fsp3) is 0.667. The van der Waals surface area contributed by atoms with Crippen LogP contribution in [0.5, 0.6) is 0 Å². The van der Waals surface area contributed by atoms with E-state index < -0.39 is 5.97 Å². The highest BCUT2D eigenvalue weighted by Crippen LogP contribution is 2.18. The van der Waals surface area contributed by atoms with Gasteiger partial charge in [-0.2, -0.15) is 0 Å². The zero-order chi connectivity index (χ0) is 8.97.